The van der Waals surface area contributed by atoms with E-state index in [-0.39, 0.29) is 23.9 Å². The zero-order valence-corrected chi connectivity index (χ0v) is 39.4. The third kappa shape index (κ3) is 36.3. The first-order valence-electron chi connectivity index (χ1n) is 24.9. The van der Waals surface area contributed by atoms with Crippen molar-refractivity contribution in [3.05, 3.63) is 0 Å². The molecule has 0 aliphatic rings. The molecule has 2 unspecified atom stereocenters. The summed E-state index contributed by atoms with van der Waals surface area (Å²) in [6, 6.07) is 0.164. The van der Waals surface area contributed by atoms with Gasteiger partial charge in [-0.15, -0.1) is 11.6 Å². The lowest BCUT2D eigenvalue weighted by Crippen LogP contribution is -2.37. The van der Waals surface area contributed by atoms with Crippen LogP contribution in [0.15, 0.2) is 0 Å². The van der Waals surface area contributed by atoms with Gasteiger partial charge in [0.15, 0.2) is 0 Å². The topological polar surface area (TPSA) is 72.9 Å². The number of nitrogens with zero attached hydrogens (tertiary/aromatic N) is 1. The van der Waals surface area contributed by atoms with Crippen molar-refractivity contribution < 1.29 is 23.9 Å². The van der Waals surface area contributed by atoms with E-state index in [4.69, 9.17) is 21.1 Å². The average Bonchev–Trinajstić information content (AvgIpc) is 3.21. The highest BCUT2D eigenvalue weighted by molar-refractivity contribution is 6.17. The predicted molar refractivity (Wildman–Crippen MR) is 245 cm³/mol. The van der Waals surface area contributed by atoms with Crippen LogP contribution in [0.4, 0.5) is 0 Å². The molecule has 0 aliphatic carbocycles. The maximum atomic E-state index is 12.9. The molecular formula is C50H96ClNO5. The summed E-state index contributed by atoms with van der Waals surface area (Å²) < 4.78 is 11.7. The van der Waals surface area contributed by atoms with Gasteiger partial charge in [-0.25, -0.2) is 0 Å². The number of ether oxygens (including phenoxy) is 2. The maximum absolute atomic E-state index is 12.9. The smallest absolute Gasteiger partial charge is 0.305 e. The molecule has 0 spiro atoms. The first-order valence-corrected chi connectivity index (χ1v) is 25.5. The van der Waals surface area contributed by atoms with Crippen LogP contribution in [0.5, 0.6) is 0 Å². The van der Waals surface area contributed by atoms with Crippen molar-refractivity contribution in [1.82, 2.24) is 4.90 Å². The fraction of sp³-hybridized carbons (Fsp3) is 0.940. The zero-order chi connectivity index (χ0) is 42.0. The molecule has 0 N–H and O–H groups in total. The molecule has 0 aromatic carbocycles. The van der Waals surface area contributed by atoms with Gasteiger partial charge in [0.05, 0.1) is 13.2 Å². The molecule has 0 bridgehead atoms. The highest BCUT2D eigenvalue weighted by Gasteiger charge is 2.20. The van der Waals surface area contributed by atoms with Crippen LogP contribution in [-0.4, -0.2) is 54.9 Å². The van der Waals surface area contributed by atoms with Crippen LogP contribution in [0.2, 0.25) is 0 Å². The van der Waals surface area contributed by atoms with Crippen LogP contribution in [-0.2, 0) is 23.9 Å². The fourth-order valence-electron chi connectivity index (χ4n) is 8.12. The fourth-order valence-corrected chi connectivity index (χ4v) is 8.25. The van der Waals surface area contributed by atoms with E-state index in [1.165, 1.54) is 154 Å². The number of halogens is 1. The molecule has 0 aromatic rings. The summed E-state index contributed by atoms with van der Waals surface area (Å²) in [4.78, 5) is 40.3. The number of rotatable bonds is 44. The van der Waals surface area contributed by atoms with Crippen molar-refractivity contribution in [2.75, 3.05) is 26.1 Å². The van der Waals surface area contributed by atoms with E-state index in [0.29, 0.717) is 56.6 Å². The van der Waals surface area contributed by atoms with Crippen molar-refractivity contribution in [1.29, 1.82) is 0 Å². The van der Waals surface area contributed by atoms with Crippen molar-refractivity contribution in [3.63, 3.8) is 0 Å². The Morgan fingerprint density at radius 2 is 0.737 bits per heavy atom. The molecule has 0 saturated heterocycles. The van der Waals surface area contributed by atoms with Gasteiger partial charge in [-0.05, 0) is 69.6 Å². The van der Waals surface area contributed by atoms with Gasteiger partial charge in [0.1, 0.15) is 0 Å². The number of esters is 2. The number of hydrogen-bond acceptors (Lipinski definition) is 5. The molecule has 7 heteroatoms. The van der Waals surface area contributed by atoms with Gasteiger partial charge in [-0.1, -0.05) is 182 Å². The molecule has 0 saturated carbocycles. The van der Waals surface area contributed by atoms with Crippen molar-refractivity contribution in [2.24, 2.45) is 11.8 Å². The summed E-state index contributed by atoms with van der Waals surface area (Å²) >= 11 is 5.91. The van der Waals surface area contributed by atoms with E-state index in [1.807, 2.05) is 11.9 Å². The lowest BCUT2D eigenvalue weighted by atomic mass is 9.95. The van der Waals surface area contributed by atoms with Crippen LogP contribution < -0.4 is 0 Å². The molecule has 2 atom stereocenters. The lowest BCUT2D eigenvalue weighted by Gasteiger charge is -2.29. The van der Waals surface area contributed by atoms with E-state index in [9.17, 15) is 14.4 Å². The quantitative estimate of drug-likeness (QED) is 0.0347. The molecule has 57 heavy (non-hydrogen) atoms. The summed E-state index contributed by atoms with van der Waals surface area (Å²) in [6.45, 7) is 10.2. The number of carbonyl (C=O) groups excluding carboxylic acids is 3. The van der Waals surface area contributed by atoms with E-state index in [2.05, 4.69) is 27.7 Å². The summed E-state index contributed by atoms with van der Waals surface area (Å²) in [7, 11) is 1.93. The Morgan fingerprint density at radius 1 is 0.421 bits per heavy atom. The predicted octanol–water partition coefficient (Wildman–Crippen LogP) is 15.5. The molecule has 1 amide bonds. The van der Waals surface area contributed by atoms with Crippen LogP contribution in [0.1, 0.15) is 259 Å². The number of carbonyl (C=O) groups is 3. The van der Waals surface area contributed by atoms with Gasteiger partial charge in [-0.3, -0.25) is 14.4 Å². The van der Waals surface area contributed by atoms with Crippen molar-refractivity contribution >= 4 is 29.4 Å². The zero-order valence-electron chi connectivity index (χ0n) is 38.7. The molecular weight excluding hydrogens is 730 g/mol. The Hall–Kier alpha value is -1.30. The maximum Gasteiger partial charge on any atom is 0.305 e. The Labute approximate surface area is 359 Å². The second-order valence-corrected chi connectivity index (χ2v) is 17.9. The van der Waals surface area contributed by atoms with Gasteiger partial charge in [-0.2, -0.15) is 0 Å². The standard InChI is InChI=1S/C50H96ClNO5/c1-6-10-14-18-20-26-35-45(33-24-16-12-8-3)43-56-49(54)40-30-22-28-37-47(52(5)48(53)39-32-42-51)38-29-23-31-41-50(55)57-44-46(34-25-17-13-9-4)36-27-21-19-15-11-7-2/h45-47H,6-44H2,1-5H3. The molecule has 0 aromatic heterocycles. The van der Waals surface area contributed by atoms with E-state index in [0.717, 1.165) is 51.4 Å². The molecule has 0 aliphatic heterocycles. The summed E-state index contributed by atoms with van der Waals surface area (Å²) in [6.07, 6.45) is 39.9. The third-order valence-electron chi connectivity index (χ3n) is 12.1. The van der Waals surface area contributed by atoms with Crippen LogP contribution in [0, 0.1) is 11.8 Å². The highest BCUT2D eigenvalue weighted by Crippen LogP contribution is 2.23. The highest BCUT2D eigenvalue weighted by atomic mass is 35.5. The monoisotopic (exact) mass is 826 g/mol. The number of alkyl halides is 1. The SMILES string of the molecule is CCCCCCCCC(CCCCCC)COC(=O)CCCCCC(CCCCCC(=O)OCC(CCCCCC)CCCCCCCC)N(C)C(=O)CCCCl. The number of hydrogen-bond donors (Lipinski definition) is 0. The van der Waals surface area contributed by atoms with Crippen LogP contribution >= 0.6 is 11.6 Å². The minimum absolute atomic E-state index is 0.0553. The first kappa shape index (κ1) is 55.7. The normalized spacial score (nSPS) is 13.0. The van der Waals surface area contributed by atoms with Crippen molar-refractivity contribution in [3.8, 4) is 0 Å². The Morgan fingerprint density at radius 3 is 1.11 bits per heavy atom. The molecule has 0 rings (SSSR count). The van der Waals surface area contributed by atoms with Crippen LogP contribution in [0.25, 0.3) is 0 Å². The molecule has 0 heterocycles. The summed E-state index contributed by atoms with van der Waals surface area (Å²) in [5.74, 6) is 1.52. The van der Waals surface area contributed by atoms with Gasteiger partial charge >= 0.3 is 11.9 Å². The Balaban J connectivity index is 4.68. The molecule has 0 fully saturated rings. The van der Waals surface area contributed by atoms with Gasteiger partial charge in [0, 0.05) is 38.2 Å². The summed E-state index contributed by atoms with van der Waals surface area (Å²) in [5, 5.41) is 0. The van der Waals surface area contributed by atoms with Crippen molar-refractivity contribution in [2.45, 2.75) is 265 Å². The Kier molecular flexibility index (Phi) is 41.8. The van der Waals surface area contributed by atoms with Crippen LogP contribution in [0.3, 0.4) is 0 Å². The van der Waals surface area contributed by atoms with E-state index < -0.39 is 0 Å². The Bertz CT molecular complexity index is 842. The minimum Gasteiger partial charge on any atom is -0.465 e. The molecule has 6 nitrogen and oxygen atoms in total. The first-order chi connectivity index (χ1) is 27.8. The minimum atomic E-state index is -0.0553. The average molecular weight is 827 g/mol. The van der Waals surface area contributed by atoms with E-state index in [1.54, 1.807) is 0 Å². The third-order valence-corrected chi connectivity index (χ3v) is 12.4. The second kappa shape index (κ2) is 42.8. The van der Waals surface area contributed by atoms with Gasteiger partial charge < -0.3 is 14.4 Å². The molecule has 0 radical (unpaired) electrons. The summed E-state index contributed by atoms with van der Waals surface area (Å²) in [5.41, 5.74) is 0. The largest absolute Gasteiger partial charge is 0.465 e. The number of unbranched alkanes of at least 4 members (excludes halogenated alkanes) is 20. The molecule has 338 valence electrons. The second-order valence-electron chi connectivity index (χ2n) is 17.6. The van der Waals surface area contributed by atoms with Gasteiger partial charge in [0.2, 0.25) is 5.91 Å². The number of amides is 1. The van der Waals surface area contributed by atoms with E-state index >= 15 is 0 Å². The lowest BCUT2D eigenvalue weighted by molar-refractivity contribution is -0.146. The van der Waals surface area contributed by atoms with Gasteiger partial charge in [0.25, 0.3) is 0 Å².